The molecule has 74 heavy (non-hydrogen) atoms. The van der Waals surface area contributed by atoms with E-state index in [0.29, 0.717) is 6.42 Å². The molecule has 0 saturated carbocycles. The average Bonchev–Trinajstić information content (AvgIpc) is 3.40. The normalized spacial score (nSPS) is 13.7. The maximum absolute atomic E-state index is 12.5. The quantitative estimate of drug-likeness (QED) is 0.0420. The Hall–Kier alpha value is -3.47. The van der Waals surface area contributed by atoms with Gasteiger partial charge in [-0.15, -0.1) is 0 Å². The van der Waals surface area contributed by atoms with Crippen molar-refractivity contribution < 1.29 is 15.0 Å². The van der Waals surface area contributed by atoms with Gasteiger partial charge in [0.2, 0.25) is 5.91 Å². The molecule has 1 amide bonds. The van der Waals surface area contributed by atoms with E-state index >= 15 is 0 Å². The van der Waals surface area contributed by atoms with Gasteiger partial charge in [-0.25, -0.2) is 0 Å². The van der Waals surface area contributed by atoms with E-state index < -0.39 is 12.1 Å². The SMILES string of the molecule is CC/C=C\C/C=C\C/C=C\C/C=C\C/C=C\C/C=C\C/C=C\C/C=C\CCCCCCCCCCCCC(=O)NC(CO)C(O)/C=C/CC/C=C/CC/C=C/CCCCCCCCCCCCCCCCCCC. The van der Waals surface area contributed by atoms with Gasteiger partial charge in [-0.3, -0.25) is 4.79 Å². The highest BCUT2D eigenvalue weighted by Gasteiger charge is 2.18. The Morgan fingerprint density at radius 2 is 0.608 bits per heavy atom. The van der Waals surface area contributed by atoms with Crippen LogP contribution in [-0.4, -0.2) is 34.9 Å². The number of aliphatic hydroxyl groups excluding tert-OH is 2. The van der Waals surface area contributed by atoms with Crippen LogP contribution in [-0.2, 0) is 4.79 Å². The van der Waals surface area contributed by atoms with Gasteiger partial charge in [-0.05, 0) is 109 Å². The van der Waals surface area contributed by atoms with Crippen molar-refractivity contribution in [2.75, 3.05) is 6.61 Å². The lowest BCUT2D eigenvalue weighted by molar-refractivity contribution is -0.123. The molecule has 422 valence electrons. The minimum absolute atomic E-state index is 0.0862. The number of carbonyl (C=O) groups excluding carboxylic acids is 1. The molecule has 0 spiro atoms. The van der Waals surface area contributed by atoms with Gasteiger partial charge < -0.3 is 15.5 Å². The summed E-state index contributed by atoms with van der Waals surface area (Å²) in [6.07, 6.45) is 99.2. The zero-order valence-corrected chi connectivity index (χ0v) is 48.6. The van der Waals surface area contributed by atoms with Crippen LogP contribution < -0.4 is 5.32 Å². The summed E-state index contributed by atoms with van der Waals surface area (Å²) >= 11 is 0. The second kappa shape index (κ2) is 63.8. The van der Waals surface area contributed by atoms with Crippen LogP contribution in [0.1, 0.15) is 284 Å². The van der Waals surface area contributed by atoms with Crippen LogP contribution in [0.4, 0.5) is 0 Å². The molecule has 3 N–H and O–H groups in total. The summed E-state index contributed by atoms with van der Waals surface area (Å²) in [7, 11) is 0. The first kappa shape index (κ1) is 70.5. The van der Waals surface area contributed by atoms with Gasteiger partial charge in [0, 0.05) is 6.42 Å². The fourth-order valence-corrected chi connectivity index (χ4v) is 8.87. The molecule has 0 aliphatic carbocycles. The zero-order valence-electron chi connectivity index (χ0n) is 48.6. The minimum atomic E-state index is -0.883. The number of hydrogen-bond acceptors (Lipinski definition) is 3. The Labute approximate surface area is 460 Å². The van der Waals surface area contributed by atoms with Crippen molar-refractivity contribution in [3.05, 3.63) is 134 Å². The van der Waals surface area contributed by atoms with E-state index in [9.17, 15) is 15.0 Å². The van der Waals surface area contributed by atoms with E-state index in [1.54, 1.807) is 6.08 Å². The van der Waals surface area contributed by atoms with E-state index in [2.05, 4.69) is 141 Å². The van der Waals surface area contributed by atoms with Gasteiger partial charge >= 0.3 is 0 Å². The van der Waals surface area contributed by atoms with Gasteiger partial charge in [-0.2, -0.15) is 0 Å². The van der Waals surface area contributed by atoms with Crippen LogP contribution in [0.5, 0.6) is 0 Å². The number of nitrogens with one attached hydrogen (secondary N) is 1. The number of amides is 1. The summed E-state index contributed by atoms with van der Waals surface area (Å²) in [6, 6.07) is -0.659. The van der Waals surface area contributed by atoms with E-state index in [4.69, 9.17) is 0 Å². The first-order chi connectivity index (χ1) is 36.7. The predicted octanol–water partition coefficient (Wildman–Crippen LogP) is 21.4. The summed E-state index contributed by atoms with van der Waals surface area (Å²) in [4.78, 5) is 12.5. The van der Waals surface area contributed by atoms with Crippen molar-refractivity contribution in [2.24, 2.45) is 0 Å². The predicted molar refractivity (Wildman–Crippen MR) is 331 cm³/mol. The molecule has 0 aromatic carbocycles. The fraction of sp³-hybridized carbons (Fsp3) is 0.671. The molecule has 0 fully saturated rings. The molecule has 0 radical (unpaired) electrons. The summed E-state index contributed by atoms with van der Waals surface area (Å²) in [6.45, 7) is 4.19. The van der Waals surface area contributed by atoms with Crippen molar-refractivity contribution in [1.82, 2.24) is 5.32 Å². The monoisotopic (exact) mass is 1020 g/mol. The second-order valence-corrected chi connectivity index (χ2v) is 20.7. The summed E-state index contributed by atoms with van der Waals surface area (Å²) in [5.74, 6) is -0.0862. The molecule has 0 heterocycles. The van der Waals surface area contributed by atoms with Crippen molar-refractivity contribution in [3.63, 3.8) is 0 Å². The number of rotatable bonds is 56. The van der Waals surface area contributed by atoms with Crippen LogP contribution in [0, 0.1) is 0 Å². The number of aliphatic hydroxyl groups is 2. The van der Waals surface area contributed by atoms with Gasteiger partial charge in [0.05, 0.1) is 18.8 Å². The van der Waals surface area contributed by atoms with Gasteiger partial charge in [0.15, 0.2) is 0 Å². The largest absolute Gasteiger partial charge is 0.394 e. The maximum atomic E-state index is 12.5. The third-order valence-corrected chi connectivity index (χ3v) is 13.6. The molecule has 0 aromatic rings. The van der Waals surface area contributed by atoms with Crippen LogP contribution in [0.15, 0.2) is 134 Å². The Morgan fingerprint density at radius 3 is 0.946 bits per heavy atom. The highest BCUT2D eigenvalue weighted by Crippen LogP contribution is 2.16. The molecule has 4 heteroatoms. The fourth-order valence-electron chi connectivity index (χ4n) is 8.87. The summed E-state index contributed by atoms with van der Waals surface area (Å²) < 4.78 is 0. The van der Waals surface area contributed by atoms with Crippen LogP contribution in [0.3, 0.4) is 0 Å². The van der Waals surface area contributed by atoms with Crippen molar-refractivity contribution in [1.29, 1.82) is 0 Å². The topological polar surface area (TPSA) is 69.6 Å². The van der Waals surface area contributed by atoms with Crippen LogP contribution >= 0.6 is 0 Å². The lowest BCUT2D eigenvalue weighted by atomic mass is 10.0. The molecular formula is C70H119NO3. The Morgan fingerprint density at radius 1 is 0.338 bits per heavy atom. The summed E-state index contributed by atoms with van der Waals surface area (Å²) in [5, 5.41) is 23.2. The lowest BCUT2D eigenvalue weighted by Crippen LogP contribution is -2.45. The second-order valence-electron chi connectivity index (χ2n) is 20.7. The molecule has 0 bridgehead atoms. The summed E-state index contributed by atoms with van der Waals surface area (Å²) in [5.41, 5.74) is 0. The zero-order chi connectivity index (χ0) is 53.4. The Bertz CT molecular complexity index is 1490. The highest BCUT2D eigenvalue weighted by molar-refractivity contribution is 5.76. The number of unbranched alkanes of at least 4 members (excludes halogenated alkanes) is 29. The Kier molecular flexibility index (Phi) is 60.8. The molecule has 0 aromatic heterocycles. The van der Waals surface area contributed by atoms with Crippen molar-refractivity contribution >= 4 is 5.91 Å². The van der Waals surface area contributed by atoms with Crippen LogP contribution in [0.25, 0.3) is 0 Å². The Balaban J connectivity index is 3.62. The lowest BCUT2D eigenvalue weighted by Gasteiger charge is -2.19. The number of allylic oxidation sites excluding steroid dienone is 21. The van der Waals surface area contributed by atoms with Gasteiger partial charge in [0.1, 0.15) is 0 Å². The molecule has 0 saturated heterocycles. The van der Waals surface area contributed by atoms with E-state index in [0.717, 1.165) is 96.3 Å². The van der Waals surface area contributed by atoms with Crippen molar-refractivity contribution in [3.8, 4) is 0 Å². The van der Waals surface area contributed by atoms with E-state index in [-0.39, 0.29) is 12.5 Å². The molecule has 0 aliphatic rings. The average molecular weight is 1020 g/mol. The van der Waals surface area contributed by atoms with E-state index in [1.807, 2.05) is 6.08 Å². The van der Waals surface area contributed by atoms with Gasteiger partial charge in [-0.1, -0.05) is 302 Å². The first-order valence-corrected chi connectivity index (χ1v) is 31.4. The van der Waals surface area contributed by atoms with E-state index in [1.165, 1.54) is 167 Å². The molecule has 0 aliphatic heterocycles. The minimum Gasteiger partial charge on any atom is -0.394 e. The molecule has 0 rings (SSSR count). The third-order valence-electron chi connectivity index (χ3n) is 13.6. The smallest absolute Gasteiger partial charge is 0.220 e. The molecule has 4 nitrogen and oxygen atoms in total. The first-order valence-electron chi connectivity index (χ1n) is 31.4. The molecule has 2 unspecified atom stereocenters. The highest BCUT2D eigenvalue weighted by atomic mass is 16.3. The third kappa shape index (κ3) is 59.4. The van der Waals surface area contributed by atoms with Crippen LogP contribution in [0.2, 0.25) is 0 Å². The number of hydrogen-bond donors (Lipinski definition) is 3. The molecular weight excluding hydrogens is 903 g/mol. The standard InChI is InChI=1S/C70H119NO3/c1-3-5-7-9-11-13-15-17-19-21-23-25-27-29-31-32-33-34-35-36-37-38-40-42-44-46-48-50-52-54-56-58-60-62-64-66-70(74)71-68(67-72)69(73)65-63-61-59-57-55-53-51-49-47-45-43-41-39-30-28-26-24-22-20-18-16-14-12-10-8-6-4-2/h5,7,11,13,17,19,23,25,29,31,33-34,36-37,40,42,47,49,55,57,63,65,68-69,72-73H,3-4,6,8-10,12,14-16,18,20-22,24,26-28,30,32,35,38-39,41,43-46,48,50-54,56,58-62,64,66-67H2,1-2H3,(H,71,74)/b7-5-,13-11-,19-17-,25-23-,31-29-,34-33-,37-36-,42-40-,49-47+,57-55+,65-63+. The number of carbonyl (C=O) groups is 1. The van der Waals surface area contributed by atoms with Gasteiger partial charge in [0.25, 0.3) is 0 Å². The van der Waals surface area contributed by atoms with Crippen molar-refractivity contribution in [2.45, 2.75) is 296 Å². The molecule has 2 atom stereocenters. The maximum Gasteiger partial charge on any atom is 0.220 e.